The van der Waals surface area contributed by atoms with Crippen LogP contribution in [0.5, 0.6) is 0 Å². The molecule has 21 heavy (non-hydrogen) atoms. The van der Waals surface area contributed by atoms with Gasteiger partial charge >= 0.3 is 18.1 Å². The van der Waals surface area contributed by atoms with Crippen LogP contribution in [0, 0.1) is 11.8 Å². The van der Waals surface area contributed by atoms with Crippen molar-refractivity contribution in [1.82, 2.24) is 0 Å². The highest BCUT2D eigenvalue weighted by Crippen LogP contribution is 2.30. The van der Waals surface area contributed by atoms with E-state index in [-0.39, 0.29) is 0 Å². The molecule has 0 aliphatic rings. The number of carbonyl (C=O) groups is 2. The summed E-state index contributed by atoms with van der Waals surface area (Å²) >= 11 is 0. The Morgan fingerprint density at radius 3 is 1.95 bits per heavy atom. The van der Waals surface area contributed by atoms with Gasteiger partial charge in [0, 0.05) is 6.42 Å². The lowest BCUT2D eigenvalue weighted by Crippen LogP contribution is -2.36. The molecule has 124 valence electrons. The number of rotatable bonds is 7. The fraction of sp³-hybridized carbons (Fsp3) is 0.846. The van der Waals surface area contributed by atoms with Gasteiger partial charge in [0.2, 0.25) is 0 Å². The molecule has 0 aromatic heterocycles. The highest BCUT2D eigenvalue weighted by molar-refractivity contribution is 5.81. The average molecular weight is 316 g/mol. The zero-order valence-corrected chi connectivity index (χ0v) is 12.2. The molecule has 0 aliphatic heterocycles. The number of carbonyl (C=O) groups excluding carboxylic acids is 1. The summed E-state index contributed by atoms with van der Waals surface area (Å²) in [6, 6.07) is 0. The second kappa shape index (κ2) is 7.61. The van der Waals surface area contributed by atoms with Crippen molar-refractivity contribution in [2.75, 3.05) is 6.67 Å². The molecule has 0 bridgehead atoms. The minimum absolute atomic E-state index is 0.531. The molecule has 0 amide bonds. The average Bonchev–Trinajstić information content (AvgIpc) is 2.23. The van der Waals surface area contributed by atoms with Crippen LogP contribution < -0.4 is 0 Å². The number of carboxylic acids is 1. The SMILES string of the molecule is CC(C)(C)OC(=O)[C@@H](CCC(F)(F)F)[C@@H](CCF)C(=O)O. The van der Waals surface area contributed by atoms with Crippen LogP contribution in [0.3, 0.4) is 0 Å². The standard InChI is InChI=1S/C13H20F4O4/c1-12(2,3)21-11(20)9(4-6-13(15,16)17)8(5-7-14)10(18)19/h8-9H,4-7H2,1-3H3,(H,18,19)/t8-,9+/m1/s1. The number of hydrogen-bond donors (Lipinski definition) is 1. The summed E-state index contributed by atoms with van der Waals surface area (Å²) in [4.78, 5) is 23.0. The summed E-state index contributed by atoms with van der Waals surface area (Å²) in [5.41, 5.74) is -0.966. The van der Waals surface area contributed by atoms with Crippen molar-refractivity contribution in [2.45, 2.75) is 51.8 Å². The minimum atomic E-state index is -4.53. The third kappa shape index (κ3) is 8.52. The fourth-order valence-electron chi connectivity index (χ4n) is 1.79. The van der Waals surface area contributed by atoms with Gasteiger partial charge < -0.3 is 9.84 Å². The number of hydrogen-bond acceptors (Lipinski definition) is 3. The predicted octanol–water partition coefficient (Wildman–Crippen LogP) is 3.35. The van der Waals surface area contributed by atoms with Crippen LogP contribution in [-0.4, -0.2) is 35.5 Å². The van der Waals surface area contributed by atoms with Crippen LogP contribution in [0.4, 0.5) is 17.6 Å². The Balaban J connectivity index is 5.14. The van der Waals surface area contributed by atoms with Crippen molar-refractivity contribution < 1.29 is 37.0 Å². The van der Waals surface area contributed by atoms with E-state index in [1.165, 1.54) is 20.8 Å². The molecule has 0 saturated heterocycles. The Morgan fingerprint density at radius 2 is 1.62 bits per heavy atom. The van der Waals surface area contributed by atoms with Gasteiger partial charge in [0.15, 0.2) is 0 Å². The molecular weight excluding hydrogens is 296 g/mol. The Bertz CT molecular complexity index is 360. The number of esters is 1. The van der Waals surface area contributed by atoms with Gasteiger partial charge in [-0.15, -0.1) is 0 Å². The number of ether oxygens (including phenoxy) is 1. The van der Waals surface area contributed by atoms with Crippen LogP contribution in [0.1, 0.15) is 40.0 Å². The summed E-state index contributed by atoms with van der Waals surface area (Å²) in [5.74, 6) is -5.62. The van der Waals surface area contributed by atoms with Crippen LogP contribution in [-0.2, 0) is 14.3 Å². The van der Waals surface area contributed by atoms with E-state index < -0.39 is 61.5 Å². The Morgan fingerprint density at radius 1 is 1.10 bits per heavy atom. The molecule has 0 radical (unpaired) electrons. The number of aliphatic carboxylic acids is 1. The largest absolute Gasteiger partial charge is 0.481 e. The number of carboxylic acid groups (broad SMARTS) is 1. The van der Waals surface area contributed by atoms with Crippen LogP contribution in [0.2, 0.25) is 0 Å². The van der Waals surface area contributed by atoms with Crippen molar-refractivity contribution in [2.24, 2.45) is 11.8 Å². The van der Waals surface area contributed by atoms with Gasteiger partial charge in [0.05, 0.1) is 18.5 Å². The maximum atomic E-state index is 12.4. The first-order valence-corrected chi connectivity index (χ1v) is 6.46. The number of halogens is 4. The molecule has 1 N–H and O–H groups in total. The lowest BCUT2D eigenvalue weighted by molar-refractivity contribution is -0.171. The Labute approximate surface area is 120 Å². The molecular formula is C13H20F4O4. The highest BCUT2D eigenvalue weighted by atomic mass is 19.4. The lowest BCUT2D eigenvalue weighted by Gasteiger charge is -2.27. The van der Waals surface area contributed by atoms with E-state index in [1.54, 1.807) is 0 Å². The van der Waals surface area contributed by atoms with E-state index in [1.807, 2.05) is 0 Å². The summed E-state index contributed by atoms with van der Waals surface area (Å²) < 4.78 is 54.2. The molecule has 0 saturated carbocycles. The van der Waals surface area contributed by atoms with Gasteiger partial charge in [0.25, 0.3) is 0 Å². The lowest BCUT2D eigenvalue weighted by atomic mass is 9.86. The van der Waals surface area contributed by atoms with Crippen molar-refractivity contribution in [3.05, 3.63) is 0 Å². The van der Waals surface area contributed by atoms with E-state index >= 15 is 0 Å². The predicted molar refractivity (Wildman–Crippen MR) is 66.3 cm³/mol. The van der Waals surface area contributed by atoms with E-state index in [9.17, 15) is 27.2 Å². The van der Waals surface area contributed by atoms with Crippen molar-refractivity contribution in [1.29, 1.82) is 0 Å². The Kier molecular flexibility index (Phi) is 7.12. The van der Waals surface area contributed by atoms with E-state index in [4.69, 9.17) is 9.84 Å². The molecule has 0 rings (SSSR count). The zero-order valence-electron chi connectivity index (χ0n) is 12.2. The van der Waals surface area contributed by atoms with Gasteiger partial charge in [-0.2, -0.15) is 13.2 Å². The first-order chi connectivity index (χ1) is 9.37. The van der Waals surface area contributed by atoms with E-state index in [0.717, 1.165) is 0 Å². The van der Waals surface area contributed by atoms with Gasteiger partial charge in [0.1, 0.15) is 5.60 Å². The quantitative estimate of drug-likeness (QED) is 0.578. The molecule has 2 atom stereocenters. The normalized spacial score (nSPS) is 15.4. The second-order valence-electron chi connectivity index (χ2n) is 5.72. The molecule has 0 spiro atoms. The molecule has 4 nitrogen and oxygen atoms in total. The van der Waals surface area contributed by atoms with Crippen LogP contribution in [0.15, 0.2) is 0 Å². The molecule has 0 aliphatic carbocycles. The summed E-state index contributed by atoms with van der Waals surface area (Å²) in [6.45, 7) is 3.49. The van der Waals surface area contributed by atoms with Crippen LogP contribution in [0.25, 0.3) is 0 Å². The molecule has 0 aromatic carbocycles. The molecule has 8 heteroatoms. The Hall–Kier alpha value is -1.34. The third-order valence-electron chi connectivity index (χ3n) is 2.67. The molecule has 0 aromatic rings. The summed E-state index contributed by atoms with van der Waals surface area (Å²) in [7, 11) is 0. The summed E-state index contributed by atoms with van der Waals surface area (Å²) in [6.07, 6.45) is -7.13. The van der Waals surface area contributed by atoms with E-state index in [0.29, 0.717) is 0 Å². The molecule has 0 fully saturated rings. The van der Waals surface area contributed by atoms with Gasteiger partial charge in [-0.1, -0.05) is 0 Å². The molecule has 0 unspecified atom stereocenters. The third-order valence-corrected chi connectivity index (χ3v) is 2.67. The first kappa shape index (κ1) is 19.7. The first-order valence-electron chi connectivity index (χ1n) is 6.46. The van der Waals surface area contributed by atoms with Crippen molar-refractivity contribution in [3.63, 3.8) is 0 Å². The molecule has 0 heterocycles. The maximum Gasteiger partial charge on any atom is 0.389 e. The second-order valence-corrected chi connectivity index (χ2v) is 5.72. The van der Waals surface area contributed by atoms with Crippen molar-refractivity contribution in [3.8, 4) is 0 Å². The summed E-state index contributed by atoms with van der Waals surface area (Å²) in [5, 5.41) is 9.00. The van der Waals surface area contributed by atoms with Gasteiger partial charge in [-0.25, -0.2) is 0 Å². The van der Waals surface area contributed by atoms with Gasteiger partial charge in [-0.05, 0) is 33.6 Å². The smallest absolute Gasteiger partial charge is 0.389 e. The number of alkyl halides is 4. The van der Waals surface area contributed by atoms with Gasteiger partial charge in [-0.3, -0.25) is 14.0 Å². The minimum Gasteiger partial charge on any atom is -0.481 e. The van der Waals surface area contributed by atoms with E-state index in [2.05, 4.69) is 0 Å². The topological polar surface area (TPSA) is 63.6 Å². The fourth-order valence-corrected chi connectivity index (χ4v) is 1.79. The monoisotopic (exact) mass is 316 g/mol. The van der Waals surface area contributed by atoms with Crippen LogP contribution >= 0.6 is 0 Å². The highest BCUT2D eigenvalue weighted by Gasteiger charge is 2.39. The van der Waals surface area contributed by atoms with Crippen molar-refractivity contribution >= 4 is 11.9 Å². The zero-order chi connectivity index (χ0) is 16.8. The maximum absolute atomic E-state index is 12.4.